The summed E-state index contributed by atoms with van der Waals surface area (Å²) < 4.78 is 20.0. The third-order valence-corrected chi connectivity index (χ3v) is 3.72. The lowest BCUT2D eigenvalue weighted by Crippen LogP contribution is -2.22. The molecule has 1 aromatic heterocycles. The number of halogens is 1. The average Bonchev–Trinajstić information content (AvgIpc) is 2.75. The molecule has 0 spiro atoms. The summed E-state index contributed by atoms with van der Waals surface area (Å²) in [5.41, 5.74) is 0.643. The second-order valence-corrected chi connectivity index (χ2v) is 5.03. The number of esters is 1. The highest BCUT2D eigenvalue weighted by Gasteiger charge is 2.11. The van der Waals surface area contributed by atoms with Gasteiger partial charge in [0.1, 0.15) is 12.4 Å². The van der Waals surface area contributed by atoms with Crippen LogP contribution in [0.25, 0.3) is 10.2 Å². The minimum atomic E-state index is -0.459. The largest absolute Gasteiger partial charge is 0.468 e. The number of ether oxygens (including phenoxy) is 1. The lowest BCUT2D eigenvalue weighted by Gasteiger charge is -2.03. The summed E-state index contributed by atoms with van der Waals surface area (Å²) in [7, 11) is 1.28. The zero-order valence-electron chi connectivity index (χ0n) is 11.1. The highest BCUT2D eigenvalue weighted by molar-refractivity contribution is 7.16. The van der Waals surface area contributed by atoms with Crippen molar-refractivity contribution in [1.82, 2.24) is 4.57 Å². The summed E-state index contributed by atoms with van der Waals surface area (Å²) in [5.74, 6) is -1.13. The Labute approximate surface area is 118 Å². The van der Waals surface area contributed by atoms with Crippen LogP contribution in [-0.4, -0.2) is 23.6 Å². The molecule has 7 heteroatoms. The minimum absolute atomic E-state index is 0.0715. The number of benzene rings is 1. The average molecular weight is 296 g/mol. The van der Waals surface area contributed by atoms with Gasteiger partial charge >= 0.3 is 5.97 Å². The first-order chi connectivity index (χ1) is 9.55. The van der Waals surface area contributed by atoms with E-state index in [9.17, 15) is 14.0 Å². The first kappa shape index (κ1) is 14.4. The molecule has 0 bridgehead atoms. The van der Waals surface area contributed by atoms with Gasteiger partial charge in [-0.05, 0) is 18.2 Å². The van der Waals surface area contributed by atoms with Crippen molar-refractivity contribution in [2.24, 2.45) is 4.99 Å². The molecule has 0 radical (unpaired) electrons. The van der Waals surface area contributed by atoms with Crippen LogP contribution in [-0.2, 0) is 20.9 Å². The predicted molar refractivity (Wildman–Crippen MR) is 72.7 cm³/mol. The van der Waals surface area contributed by atoms with Gasteiger partial charge in [-0.1, -0.05) is 18.3 Å². The fourth-order valence-corrected chi connectivity index (χ4v) is 2.74. The number of carbonyl (C=O) groups is 2. The van der Waals surface area contributed by atoms with Crippen LogP contribution in [0.4, 0.5) is 4.39 Å². The number of carbonyl (C=O) groups excluding carboxylic acids is 2. The van der Waals surface area contributed by atoms with Crippen molar-refractivity contribution < 1.29 is 18.7 Å². The van der Waals surface area contributed by atoms with Crippen molar-refractivity contribution in [3.8, 4) is 0 Å². The van der Waals surface area contributed by atoms with E-state index < -0.39 is 5.97 Å². The van der Waals surface area contributed by atoms with E-state index in [1.807, 2.05) is 0 Å². The van der Waals surface area contributed by atoms with E-state index in [0.717, 1.165) is 11.3 Å². The third-order valence-electron chi connectivity index (χ3n) is 2.68. The summed E-state index contributed by atoms with van der Waals surface area (Å²) in [6, 6.07) is 4.21. The standard InChI is InChI=1S/C13H13FN2O3S/c1-3-11(17)15-13-16(7-12(18)19-2)9-5-4-8(14)6-10(9)20-13/h4-6H,3,7H2,1-2H3. The molecule has 106 valence electrons. The van der Waals surface area contributed by atoms with Gasteiger partial charge in [0.05, 0.1) is 17.3 Å². The van der Waals surface area contributed by atoms with Crippen LogP contribution >= 0.6 is 11.3 Å². The van der Waals surface area contributed by atoms with Crippen molar-refractivity contribution in [2.75, 3.05) is 7.11 Å². The Balaban J connectivity index is 2.65. The van der Waals surface area contributed by atoms with Crippen molar-refractivity contribution in [3.05, 3.63) is 28.8 Å². The van der Waals surface area contributed by atoms with Crippen molar-refractivity contribution in [3.63, 3.8) is 0 Å². The topological polar surface area (TPSA) is 60.7 Å². The zero-order chi connectivity index (χ0) is 14.7. The van der Waals surface area contributed by atoms with Crippen molar-refractivity contribution in [1.29, 1.82) is 0 Å². The summed E-state index contributed by atoms with van der Waals surface area (Å²) >= 11 is 1.16. The number of methoxy groups -OCH3 is 1. The molecule has 0 N–H and O–H groups in total. The van der Waals surface area contributed by atoms with Crippen LogP contribution in [0.1, 0.15) is 13.3 Å². The Morgan fingerprint density at radius 2 is 2.20 bits per heavy atom. The number of amides is 1. The van der Waals surface area contributed by atoms with Gasteiger partial charge < -0.3 is 9.30 Å². The molecular weight excluding hydrogens is 283 g/mol. The van der Waals surface area contributed by atoms with Crippen LogP contribution < -0.4 is 4.80 Å². The van der Waals surface area contributed by atoms with Crippen molar-refractivity contribution in [2.45, 2.75) is 19.9 Å². The third kappa shape index (κ3) is 2.93. The molecule has 1 amide bonds. The van der Waals surface area contributed by atoms with Gasteiger partial charge in [-0.2, -0.15) is 4.99 Å². The molecule has 0 saturated carbocycles. The van der Waals surface area contributed by atoms with Gasteiger partial charge in [0, 0.05) is 6.42 Å². The molecule has 2 aromatic rings. The second-order valence-electron chi connectivity index (χ2n) is 4.02. The summed E-state index contributed by atoms with van der Waals surface area (Å²) in [4.78, 5) is 27.2. The van der Waals surface area contributed by atoms with Gasteiger partial charge in [-0.15, -0.1) is 0 Å². The monoisotopic (exact) mass is 296 g/mol. The molecule has 1 aromatic carbocycles. The number of nitrogens with zero attached hydrogens (tertiary/aromatic N) is 2. The molecule has 1 heterocycles. The highest BCUT2D eigenvalue weighted by atomic mass is 32.1. The number of hydrogen-bond acceptors (Lipinski definition) is 4. The Kier molecular flexibility index (Phi) is 4.29. The molecule has 0 saturated heterocycles. The summed E-state index contributed by atoms with van der Waals surface area (Å²) in [6.45, 7) is 1.63. The summed E-state index contributed by atoms with van der Waals surface area (Å²) in [6.07, 6.45) is 0.265. The van der Waals surface area contributed by atoms with Gasteiger partial charge in [0.25, 0.3) is 0 Å². The Hall–Kier alpha value is -2.02. The first-order valence-corrected chi connectivity index (χ1v) is 6.80. The van der Waals surface area contributed by atoms with E-state index in [-0.39, 0.29) is 24.7 Å². The molecule has 0 aliphatic carbocycles. The van der Waals surface area contributed by atoms with E-state index in [1.54, 1.807) is 17.6 Å². The Morgan fingerprint density at radius 1 is 1.45 bits per heavy atom. The van der Waals surface area contributed by atoms with Gasteiger partial charge in [-0.3, -0.25) is 9.59 Å². The number of thiazole rings is 1. The van der Waals surface area contributed by atoms with E-state index >= 15 is 0 Å². The molecule has 0 aliphatic rings. The van der Waals surface area contributed by atoms with E-state index in [4.69, 9.17) is 0 Å². The highest BCUT2D eigenvalue weighted by Crippen LogP contribution is 2.18. The zero-order valence-corrected chi connectivity index (χ0v) is 11.9. The molecule has 0 atom stereocenters. The molecular formula is C13H13FN2O3S. The number of rotatable bonds is 3. The Morgan fingerprint density at radius 3 is 2.85 bits per heavy atom. The molecule has 0 fully saturated rings. The first-order valence-electron chi connectivity index (χ1n) is 5.98. The SMILES string of the molecule is CCC(=O)N=c1sc2cc(F)ccc2n1CC(=O)OC. The normalized spacial score (nSPS) is 11.8. The van der Waals surface area contributed by atoms with Crippen LogP contribution in [0.15, 0.2) is 23.2 Å². The van der Waals surface area contributed by atoms with E-state index in [0.29, 0.717) is 15.0 Å². The van der Waals surface area contributed by atoms with Crippen LogP contribution in [0.3, 0.4) is 0 Å². The lowest BCUT2D eigenvalue weighted by molar-refractivity contribution is -0.141. The fraction of sp³-hybridized carbons (Fsp3) is 0.308. The molecule has 2 rings (SSSR count). The maximum absolute atomic E-state index is 13.2. The van der Waals surface area contributed by atoms with Crippen LogP contribution in [0.2, 0.25) is 0 Å². The summed E-state index contributed by atoms with van der Waals surface area (Å²) in [5, 5.41) is 0. The van der Waals surface area contributed by atoms with Gasteiger partial charge in [0.2, 0.25) is 5.91 Å². The molecule has 0 unspecified atom stereocenters. The second kappa shape index (κ2) is 5.96. The van der Waals surface area contributed by atoms with E-state index in [2.05, 4.69) is 9.73 Å². The minimum Gasteiger partial charge on any atom is -0.468 e. The maximum atomic E-state index is 13.2. The lowest BCUT2D eigenvalue weighted by atomic mass is 10.3. The fourth-order valence-electron chi connectivity index (χ4n) is 1.66. The smallest absolute Gasteiger partial charge is 0.325 e. The van der Waals surface area contributed by atoms with Crippen molar-refractivity contribution >= 4 is 33.4 Å². The van der Waals surface area contributed by atoms with E-state index in [1.165, 1.54) is 19.2 Å². The molecule has 20 heavy (non-hydrogen) atoms. The molecule has 0 aliphatic heterocycles. The van der Waals surface area contributed by atoms with Crippen LogP contribution in [0.5, 0.6) is 0 Å². The number of aromatic nitrogens is 1. The number of fused-ring (bicyclic) bond motifs is 1. The quantitative estimate of drug-likeness (QED) is 0.812. The van der Waals surface area contributed by atoms with Gasteiger partial charge in [0.15, 0.2) is 4.80 Å². The van der Waals surface area contributed by atoms with Gasteiger partial charge in [-0.25, -0.2) is 4.39 Å². The maximum Gasteiger partial charge on any atom is 0.325 e. The predicted octanol–water partition coefficient (Wildman–Crippen LogP) is 1.85. The molecule has 5 nitrogen and oxygen atoms in total. The van der Waals surface area contributed by atoms with Crippen LogP contribution in [0, 0.1) is 5.82 Å². The number of hydrogen-bond donors (Lipinski definition) is 0. The Bertz CT molecular complexity index is 733.